The maximum atomic E-state index is 12.5. The fraction of sp³-hybridized carbons (Fsp3) is 0.733. The molecule has 6 nitrogen and oxygen atoms in total. The van der Waals surface area contributed by atoms with Gasteiger partial charge >= 0.3 is 0 Å². The Morgan fingerprint density at radius 3 is 2.67 bits per heavy atom. The van der Waals surface area contributed by atoms with Crippen molar-refractivity contribution >= 4 is 11.6 Å². The van der Waals surface area contributed by atoms with Crippen molar-refractivity contribution in [1.29, 1.82) is 0 Å². The first-order valence-electron chi connectivity index (χ1n) is 7.52. The van der Waals surface area contributed by atoms with E-state index in [1.165, 1.54) is 0 Å². The van der Waals surface area contributed by atoms with Gasteiger partial charge in [0.15, 0.2) is 0 Å². The number of amides is 1. The van der Waals surface area contributed by atoms with Crippen molar-refractivity contribution in [2.45, 2.75) is 40.2 Å². The molecule has 6 heteroatoms. The molecule has 2 rings (SSSR count). The third-order valence-corrected chi connectivity index (χ3v) is 4.76. The van der Waals surface area contributed by atoms with E-state index in [0.29, 0.717) is 6.54 Å². The molecule has 0 spiro atoms. The van der Waals surface area contributed by atoms with Gasteiger partial charge in [0.1, 0.15) is 0 Å². The smallest absolute Gasteiger partial charge is 0.241 e. The molecule has 1 aliphatic rings. The van der Waals surface area contributed by atoms with E-state index < -0.39 is 0 Å². The van der Waals surface area contributed by atoms with E-state index in [1.54, 1.807) is 4.68 Å². The number of carbonyl (C=O) groups excluding carboxylic acids is 1. The van der Waals surface area contributed by atoms with Crippen LogP contribution in [0.1, 0.15) is 31.7 Å². The fourth-order valence-electron chi connectivity index (χ4n) is 2.91. The molecule has 0 radical (unpaired) electrons. The molecular formula is C15H27N5O. The summed E-state index contributed by atoms with van der Waals surface area (Å²) in [5, 5.41) is 7.35. The fourth-order valence-corrected chi connectivity index (χ4v) is 2.91. The lowest BCUT2D eigenvalue weighted by atomic mass is 9.90. The Hall–Kier alpha value is -1.40. The van der Waals surface area contributed by atoms with Gasteiger partial charge in [0.05, 0.1) is 23.1 Å². The van der Waals surface area contributed by atoms with Gasteiger partial charge in [-0.2, -0.15) is 5.10 Å². The SMILES string of the molecule is Cc1nn(C)c(C)c1NC(=O)C(C)N1CCC(C)(CN)C1. The maximum Gasteiger partial charge on any atom is 0.241 e. The Bertz CT molecular complexity index is 538. The van der Waals surface area contributed by atoms with Crippen LogP contribution in [0, 0.1) is 19.3 Å². The van der Waals surface area contributed by atoms with Gasteiger partial charge < -0.3 is 11.1 Å². The van der Waals surface area contributed by atoms with Gasteiger partial charge in [-0.3, -0.25) is 14.4 Å². The highest BCUT2D eigenvalue weighted by atomic mass is 16.2. The number of nitrogens with two attached hydrogens (primary N) is 1. The van der Waals surface area contributed by atoms with Crippen LogP contribution in [0.3, 0.4) is 0 Å². The van der Waals surface area contributed by atoms with E-state index in [-0.39, 0.29) is 17.4 Å². The Morgan fingerprint density at radius 1 is 1.52 bits per heavy atom. The number of anilines is 1. The first-order chi connectivity index (χ1) is 9.77. The molecule has 3 N–H and O–H groups in total. The van der Waals surface area contributed by atoms with Crippen LogP contribution in [-0.2, 0) is 11.8 Å². The van der Waals surface area contributed by atoms with Gasteiger partial charge in [0.2, 0.25) is 5.91 Å². The summed E-state index contributed by atoms with van der Waals surface area (Å²) in [6.07, 6.45) is 1.05. The molecule has 1 aliphatic heterocycles. The van der Waals surface area contributed by atoms with Crippen molar-refractivity contribution in [2.24, 2.45) is 18.2 Å². The molecule has 0 aromatic carbocycles. The third kappa shape index (κ3) is 3.11. The van der Waals surface area contributed by atoms with Gasteiger partial charge in [-0.1, -0.05) is 6.92 Å². The second-order valence-corrected chi connectivity index (χ2v) is 6.57. The van der Waals surface area contributed by atoms with Crippen molar-refractivity contribution in [2.75, 3.05) is 25.0 Å². The average molecular weight is 293 g/mol. The average Bonchev–Trinajstić information content (AvgIpc) is 2.95. The van der Waals surface area contributed by atoms with Gasteiger partial charge in [0.25, 0.3) is 0 Å². The highest BCUT2D eigenvalue weighted by Gasteiger charge is 2.36. The number of likely N-dealkylation sites (tertiary alicyclic amines) is 1. The maximum absolute atomic E-state index is 12.5. The lowest BCUT2D eigenvalue weighted by Crippen LogP contribution is -2.42. The summed E-state index contributed by atoms with van der Waals surface area (Å²) in [7, 11) is 1.88. The zero-order valence-corrected chi connectivity index (χ0v) is 13.7. The molecule has 1 amide bonds. The minimum Gasteiger partial charge on any atom is -0.330 e. The molecule has 0 bridgehead atoms. The molecular weight excluding hydrogens is 266 g/mol. The van der Waals surface area contributed by atoms with E-state index in [2.05, 4.69) is 22.2 Å². The molecule has 2 atom stereocenters. The first kappa shape index (κ1) is 16.0. The van der Waals surface area contributed by atoms with Crippen molar-refractivity contribution in [3.63, 3.8) is 0 Å². The van der Waals surface area contributed by atoms with Crippen LogP contribution in [0.5, 0.6) is 0 Å². The van der Waals surface area contributed by atoms with E-state index >= 15 is 0 Å². The molecule has 1 saturated heterocycles. The van der Waals surface area contributed by atoms with Gasteiger partial charge in [-0.25, -0.2) is 0 Å². The summed E-state index contributed by atoms with van der Waals surface area (Å²) >= 11 is 0. The number of carbonyl (C=O) groups is 1. The van der Waals surface area contributed by atoms with Gasteiger partial charge in [-0.05, 0) is 45.7 Å². The van der Waals surface area contributed by atoms with E-state index in [0.717, 1.165) is 36.6 Å². The standard InChI is InChI=1S/C15H27N5O/c1-10-13(11(2)19(5)18-10)17-14(21)12(3)20-7-6-15(4,8-16)9-20/h12H,6-9,16H2,1-5H3,(H,17,21). The molecule has 0 aliphatic carbocycles. The van der Waals surface area contributed by atoms with Gasteiger partial charge in [0, 0.05) is 13.6 Å². The second kappa shape index (κ2) is 5.77. The molecule has 1 fully saturated rings. The summed E-state index contributed by atoms with van der Waals surface area (Å²) < 4.78 is 1.79. The zero-order valence-electron chi connectivity index (χ0n) is 13.7. The highest BCUT2D eigenvalue weighted by Crippen LogP contribution is 2.30. The molecule has 1 aromatic rings. The minimum absolute atomic E-state index is 0.0236. The predicted molar refractivity (Wildman–Crippen MR) is 84.1 cm³/mol. The zero-order chi connectivity index (χ0) is 15.8. The Morgan fingerprint density at radius 2 is 2.19 bits per heavy atom. The van der Waals surface area contributed by atoms with E-state index in [9.17, 15) is 4.79 Å². The minimum atomic E-state index is -0.155. The lowest BCUT2D eigenvalue weighted by molar-refractivity contribution is -0.120. The number of nitrogens with zero attached hydrogens (tertiary/aromatic N) is 3. The largest absolute Gasteiger partial charge is 0.330 e. The van der Waals surface area contributed by atoms with E-state index in [4.69, 9.17) is 5.73 Å². The number of nitrogens with one attached hydrogen (secondary N) is 1. The molecule has 21 heavy (non-hydrogen) atoms. The summed E-state index contributed by atoms with van der Waals surface area (Å²) in [6, 6.07) is -0.155. The first-order valence-corrected chi connectivity index (χ1v) is 7.52. The van der Waals surface area contributed by atoms with Crippen LogP contribution in [-0.4, -0.2) is 46.3 Å². The Kier molecular flexibility index (Phi) is 4.39. The molecule has 118 valence electrons. The summed E-state index contributed by atoms with van der Waals surface area (Å²) in [5.74, 6) is 0.0236. The summed E-state index contributed by atoms with van der Waals surface area (Å²) in [5.41, 5.74) is 8.62. The van der Waals surface area contributed by atoms with E-state index in [1.807, 2.05) is 27.8 Å². The monoisotopic (exact) mass is 293 g/mol. The predicted octanol–water partition coefficient (Wildman–Crippen LogP) is 1.03. The summed E-state index contributed by atoms with van der Waals surface area (Å²) in [6.45, 7) is 10.5. The molecule has 0 saturated carbocycles. The number of aromatic nitrogens is 2. The number of aryl methyl sites for hydroxylation is 2. The second-order valence-electron chi connectivity index (χ2n) is 6.57. The van der Waals surface area contributed by atoms with Crippen LogP contribution in [0.4, 0.5) is 5.69 Å². The van der Waals surface area contributed by atoms with Gasteiger partial charge in [-0.15, -0.1) is 0 Å². The highest BCUT2D eigenvalue weighted by molar-refractivity contribution is 5.95. The van der Waals surface area contributed by atoms with Crippen LogP contribution in [0.25, 0.3) is 0 Å². The molecule has 2 unspecified atom stereocenters. The van der Waals surface area contributed by atoms with Crippen molar-refractivity contribution in [3.8, 4) is 0 Å². The Balaban J connectivity index is 2.04. The van der Waals surface area contributed by atoms with Crippen LogP contribution in [0.15, 0.2) is 0 Å². The van der Waals surface area contributed by atoms with Crippen LogP contribution in [0.2, 0.25) is 0 Å². The normalized spacial score (nSPS) is 24.3. The number of hydrogen-bond donors (Lipinski definition) is 2. The molecule has 1 aromatic heterocycles. The third-order valence-electron chi connectivity index (χ3n) is 4.76. The number of rotatable bonds is 4. The topological polar surface area (TPSA) is 76.2 Å². The summed E-state index contributed by atoms with van der Waals surface area (Å²) in [4.78, 5) is 14.7. The quantitative estimate of drug-likeness (QED) is 0.869. The van der Waals surface area contributed by atoms with Crippen LogP contribution < -0.4 is 11.1 Å². The van der Waals surface area contributed by atoms with Crippen LogP contribution >= 0.6 is 0 Å². The van der Waals surface area contributed by atoms with Crippen molar-refractivity contribution in [1.82, 2.24) is 14.7 Å². The molecule has 2 heterocycles. The lowest BCUT2D eigenvalue weighted by Gasteiger charge is -2.26. The number of hydrogen-bond acceptors (Lipinski definition) is 4. The van der Waals surface area contributed by atoms with Crippen molar-refractivity contribution in [3.05, 3.63) is 11.4 Å². The Labute approximate surface area is 126 Å². The van der Waals surface area contributed by atoms with Crippen molar-refractivity contribution < 1.29 is 4.79 Å².